The van der Waals surface area contributed by atoms with Crippen molar-refractivity contribution in [1.29, 1.82) is 0 Å². The molecule has 0 aliphatic heterocycles. The van der Waals surface area contributed by atoms with Gasteiger partial charge in [0.15, 0.2) is 6.61 Å². The summed E-state index contributed by atoms with van der Waals surface area (Å²) in [6, 6.07) is 6.92. The minimum absolute atomic E-state index is 0.00303. The molecule has 1 aliphatic rings. The number of carboxylic acids is 1. The van der Waals surface area contributed by atoms with E-state index in [0.717, 1.165) is 25.7 Å². The zero-order valence-electron chi connectivity index (χ0n) is 12.0. The third-order valence-corrected chi connectivity index (χ3v) is 3.72. The van der Waals surface area contributed by atoms with Crippen molar-refractivity contribution < 1.29 is 19.4 Å². The van der Waals surface area contributed by atoms with Crippen molar-refractivity contribution in [2.45, 2.75) is 38.5 Å². The number of carbonyl (C=O) groups is 2. The van der Waals surface area contributed by atoms with E-state index in [-0.39, 0.29) is 11.8 Å². The lowest BCUT2D eigenvalue weighted by atomic mass is 9.99. The summed E-state index contributed by atoms with van der Waals surface area (Å²) in [5.41, 5.74) is 0.535. The summed E-state index contributed by atoms with van der Waals surface area (Å²) < 4.78 is 5.20. The van der Waals surface area contributed by atoms with Crippen LogP contribution in [0.15, 0.2) is 24.3 Å². The number of hydrogen-bond donors (Lipinski definition) is 2. The largest absolute Gasteiger partial charge is 0.480 e. The molecule has 1 saturated carbocycles. The van der Waals surface area contributed by atoms with E-state index in [1.807, 2.05) is 0 Å². The van der Waals surface area contributed by atoms with E-state index in [1.54, 1.807) is 24.3 Å². The van der Waals surface area contributed by atoms with E-state index >= 15 is 0 Å². The zero-order valence-corrected chi connectivity index (χ0v) is 12.0. The van der Waals surface area contributed by atoms with Crippen LogP contribution in [0.5, 0.6) is 5.75 Å². The minimum Gasteiger partial charge on any atom is -0.480 e. The highest BCUT2D eigenvalue weighted by Gasteiger charge is 2.21. The number of carboxylic acid groups (broad SMARTS) is 1. The van der Waals surface area contributed by atoms with Gasteiger partial charge in [-0.3, -0.25) is 4.79 Å². The predicted molar refractivity (Wildman–Crippen MR) is 79.4 cm³/mol. The molecule has 2 rings (SSSR count). The number of rotatable bonds is 5. The summed E-state index contributed by atoms with van der Waals surface area (Å²) in [4.78, 5) is 22.9. The lowest BCUT2D eigenvalue weighted by Crippen LogP contribution is -2.23. The highest BCUT2D eigenvalue weighted by atomic mass is 16.5. The summed E-state index contributed by atoms with van der Waals surface area (Å²) in [7, 11) is 0. The van der Waals surface area contributed by atoms with Gasteiger partial charge in [0.2, 0.25) is 5.91 Å². The first-order valence-electron chi connectivity index (χ1n) is 7.41. The summed E-state index contributed by atoms with van der Waals surface area (Å²) in [6.45, 7) is -0.420. The number of anilines is 1. The van der Waals surface area contributed by atoms with E-state index in [1.165, 1.54) is 12.8 Å². The van der Waals surface area contributed by atoms with Crippen LogP contribution in [0.4, 0.5) is 5.69 Å². The van der Waals surface area contributed by atoms with E-state index in [4.69, 9.17) is 9.84 Å². The van der Waals surface area contributed by atoms with Crippen molar-refractivity contribution in [2.24, 2.45) is 5.92 Å². The first-order chi connectivity index (χ1) is 10.2. The zero-order chi connectivity index (χ0) is 15.1. The molecule has 0 bridgehead atoms. The second-order valence-corrected chi connectivity index (χ2v) is 5.36. The Morgan fingerprint density at radius 3 is 2.48 bits per heavy atom. The first-order valence-corrected chi connectivity index (χ1v) is 7.41. The lowest BCUT2D eigenvalue weighted by molar-refractivity contribution is -0.139. The van der Waals surface area contributed by atoms with Gasteiger partial charge in [-0.1, -0.05) is 37.8 Å². The minimum atomic E-state index is -1.04. The molecule has 5 heteroatoms. The maximum Gasteiger partial charge on any atom is 0.341 e. The van der Waals surface area contributed by atoms with Crippen molar-refractivity contribution in [2.75, 3.05) is 11.9 Å². The summed E-state index contributed by atoms with van der Waals surface area (Å²) in [5.74, 6) is -0.606. The third-order valence-electron chi connectivity index (χ3n) is 3.72. The molecule has 0 spiro atoms. The van der Waals surface area contributed by atoms with E-state index in [0.29, 0.717) is 11.4 Å². The van der Waals surface area contributed by atoms with Crippen LogP contribution in [0.25, 0.3) is 0 Å². The van der Waals surface area contributed by atoms with Crippen LogP contribution in [0.3, 0.4) is 0 Å². The van der Waals surface area contributed by atoms with Crippen molar-refractivity contribution in [3.05, 3.63) is 24.3 Å². The summed E-state index contributed by atoms with van der Waals surface area (Å²) in [6.07, 6.45) is 6.42. The van der Waals surface area contributed by atoms with Crippen LogP contribution in [0.2, 0.25) is 0 Å². The number of hydrogen-bond acceptors (Lipinski definition) is 3. The van der Waals surface area contributed by atoms with Crippen LogP contribution < -0.4 is 10.1 Å². The maximum atomic E-state index is 12.3. The number of nitrogens with one attached hydrogen (secondary N) is 1. The van der Waals surface area contributed by atoms with E-state index in [2.05, 4.69) is 5.32 Å². The fraction of sp³-hybridized carbons (Fsp3) is 0.500. The van der Waals surface area contributed by atoms with Crippen molar-refractivity contribution in [1.82, 2.24) is 0 Å². The van der Waals surface area contributed by atoms with E-state index < -0.39 is 12.6 Å². The summed E-state index contributed by atoms with van der Waals surface area (Å²) >= 11 is 0. The molecule has 1 fully saturated rings. The smallest absolute Gasteiger partial charge is 0.341 e. The fourth-order valence-electron chi connectivity index (χ4n) is 2.61. The molecule has 1 aliphatic carbocycles. The lowest BCUT2D eigenvalue weighted by Gasteiger charge is -2.16. The molecule has 1 amide bonds. The van der Waals surface area contributed by atoms with Crippen LogP contribution in [-0.2, 0) is 9.59 Å². The quantitative estimate of drug-likeness (QED) is 0.817. The maximum absolute atomic E-state index is 12.3. The van der Waals surface area contributed by atoms with Gasteiger partial charge >= 0.3 is 5.97 Å². The standard InChI is InChI=1S/C16H21NO4/c18-15(19)11-21-14-10-6-5-9-13(14)17-16(20)12-7-3-1-2-4-8-12/h5-6,9-10,12H,1-4,7-8,11H2,(H,17,20)(H,18,19). The van der Waals surface area contributed by atoms with Gasteiger partial charge in [0.05, 0.1) is 5.69 Å². The molecule has 2 N–H and O–H groups in total. The molecular weight excluding hydrogens is 270 g/mol. The average Bonchev–Trinajstić information content (AvgIpc) is 2.75. The van der Waals surface area contributed by atoms with Crippen LogP contribution >= 0.6 is 0 Å². The molecule has 114 valence electrons. The third kappa shape index (κ3) is 4.77. The van der Waals surface area contributed by atoms with Gasteiger partial charge < -0.3 is 15.2 Å². The molecule has 5 nitrogen and oxygen atoms in total. The van der Waals surface area contributed by atoms with Crippen molar-refractivity contribution >= 4 is 17.6 Å². The normalized spacial score (nSPS) is 16.0. The Morgan fingerprint density at radius 2 is 1.81 bits per heavy atom. The number of amides is 1. The van der Waals surface area contributed by atoms with Gasteiger partial charge in [0, 0.05) is 5.92 Å². The van der Waals surface area contributed by atoms with Gasteiger partial charge in [-0.05, 0) is 25.0 Å². The van der Waals surface area contributed by atoms with Crippen LogP contribution in [0, 0.1) is 5.92 Å². The second-order valence-electron chi connectivity index (χ2n) is 5.36. The van der Waals surface area contributed by atoms with Gasteiger partial charge in [-0.15, -0.1) is 0 Å². The SMILES string of the molecule is O=C(O)COc1ccccc1NC(=O)C1CCCCCC1. The molecule has 0 heterocycles. The topological polar surface area (TPSA) is 75.6 Å². The molecule has 0 aromatic heterocycles. The van der Waals surface area contributed by atoms with Gasteiger partial charge in [0.25, 0.3) is 0 Å². The van der Waals surface area contributed by atoms with Crippen LogP contribution in [0.1, 0.15) is 38.5 Å². The molecular formula is C16H21NO4. The van der Waals surface area contributed by atoms with Crippen molar-refractivity contribution in [3.63, 3.8) is 0 Å². The van der Waals surface area contributed by atoms with Crippen LogP contribution in [-0.4, -0.2) is 23.6 Å². The molecule has 21 heavy (non-hydrogen) atoms. The molecule has 0 radical (unpaired) electrons. The average molecular weight is 291 g/mol. The Labute approximate surface area is 124 Å². The Kier molecular flexibility index (Phi) is 5.60. The van der Waals surface area contributed by atoms with Gasteiger partial charge in [-0.2, -0.15) is 0 Å². The Morgan fingerprint density at radius 1 is 1.14 bits per heavy atom. The van der Waals surface area contributed by atoms with Gasteiger partial charge in [0.1, 0.15) is 5.75 Å². The monoisotopic (exact) mass is 291 g/mol. The number of benzene rings is 1. The highest BCUT2D eigenvalue weighted by Crippen LogP contribution is 2.27. The number of aliphatic carboxylic acids is 1. The molecule has 1 aromatic rings. The van der Waals surface area contributed by atoms with Crippen molar-refractivity contribution in [3.8, 4) is 5.75 Å². The molecule has 0 atom stereocenters. The predicted octanol–water partition coefficient (Wildman–Crippen LogP) is 3.06. The van der Waals surface area contributed by atoms with E-state index in [9.17, 15) is 9.59 Å². The number of carbonyl (C=O) groups excluding carboxylic acids is 1. The highest BCUT2D eigenvalue weighted by molar-refractivity contribution is 5.94. The first kappa shape index (κ1) is 15.4. The fourth-order valence-corrected chi connectivity index (χ4v) is 2.61. The number of para-hydroxylation sites is 2. The Balaban J connectivity index is 2.00. The molecule has 0 unspecified atom stereocenters. The number of ether oxygens (including phenoxy) is 1. The second kappa shape index (κ2) is 7.67. The molecule has 0 saturated heterocycles. The molecule has 1 aromatic carbocycles. The summed E-state index contributed by atoms with van der Waals surface area (Å²) in [5, 5.41) is 11.5. The van der Waals surface area contributed by atoms with Gasteiger partial charge in [-0.25, -0.2) is 4.79 Å². The Hall–Kier alpha value is -2.04. The Bertz CT molecular complexity index is 493.